The molecule has 4 nitrogen and oxygen atoms in total. The molecule has 3 N–H and O–H groups in total. The topological polar surface area (TPSA) is 64.3 Å². The van der Waals surface area contributed by atoms with Crippen LogP contribution in [0.3, 0.4) is 0 Å². The van der Waals surface area contributed by atoms with Gasteiger partial charge < -0.3 is 15.8 Å². The zero-order chi connectivity index (χ0) is 13.5. The van der Waals surface area contributed by atoms with Crippen LogP contribution < -0.4 is 11.1 Å². The minimum absolute atomic E-state index is 0.202. The molecule has 1 rings (SSSR count). The Bertz CT molecular complexity index is 413. The predicted molar refractivity (Wildman–Crippen MR) is 63.2 cm³/mol. The van der Waals surface area contributed by atoms with Gasteiger partial charge in [-0.2, -0.15) is 0 Å². The molecular formula is C12H16F2N2O2. The van der Waals surface area contributed by atoms with Gasteiger partial charge in [-0.1, -0.05) is 0 Å². The lowest BCUT2D eigenvalue weighted by molar-refractivity contribution is 0.0922. The van der Waals surface area contributed by atoms with E-state index in [0.717, 1.165) is 12.1 Å². The number of hydrogen-bond donors (Lipinski definition) is 2. The number of benzene rings is 1. The van der Waals surface area contributed by atoms with Crippen molar-refractivity contribution >= 4 is 5.91 Å². The van der Waals surface area contributed by atoms with Crippen LogP contribution in [0.15, 0.2) is 18.2 Å². The Labute approximate surface area is 104 Å². The van der Waals surface area contributed by atoms with E-state index in [0.29, 0.717) is 19.1 Å². The van der Waals surface area contributed by atoms with Crippen LogP contribution in [-0.4, -0.2) is 32.2 Å². The molecule has 1 unspecified atom stereocenters. The second-order valence-electron chi connectivity index (χ2n) is 3.81. The van der Waals surface area contributed by atoms with Crippen LogP contribution >= 0.6 is 0 Å². The minimum Gasteiger partial charge on any atom is -0.385 e. The summed E-state index contributed by atoms with van der Waals surface area (Å²) in [7, 11) is 1.54. The summed E-state index contributed by atoms with van der Waals surface area (Å²) in [5.41, 5.74) is 5.28. The van der Waals surface area contributed by atoms with Gasteiger partial charge in [-0.25, -0.2) is 8.78 Å². The molecule has 0 radical (unpaired) electrons. The largest absolute Gasteiger partial charge is 0.385 e. The summed E-state index contributed by atoms with van der Waals surface area (Å²) in [6.07, 6.45) is 0.529. The standard InChI is InChI=1S/C12H16F2N2O2/c1-18-5-4-9(7-15)16-12(17)10-3-2-8(13)6-11(10)14/h2-3,6,9H,4-5,7,15H2,1H3,(H,16,17). The maximum atomic E-state index is 13.4. The van der Waals surface area contributed by atoms with Crippen molar-refractivity contribution in [2.24, 2.45) is 5.73 Å². The first kappa shape index (κ1) is 14.5. The van der Waals surface area contributed by atoms with Gasteiger partial charge in [0.1, 0.15) is 11.6 Å². The molecule has 0 aromatic heterocycles. The third kappa shape index (κ3) is 4.05. The van der Waals surface area contributed by atoms with Crippen molar-refractivity contribution in [3.8, 4) is 0 Å². The Hall–Kier alpha value is -1.53. The highest BCUT2D eigenvalue weighted by Gasteiger charge is 2.16. The highest BCUT2D eigenvalue weighted by atomic mass is 19.1. The van der Waals surface area contributed by atoms with E-state index >= 15 is 0 Å². The maximum Gasteiger partial charge on any atom is 0.254 e. The van der Waals surface area contributed by atoms with Gasteiger partial charge in [-0.15, -0.1) is 0 Å². The lowest BCUT2D eigenvalue weighted by Crippen LogP contribution is -2.41. The van der Waals surface area contributed by atoms with Gasteiger partial charge in [-0.3, -0.25) is 4.79 Å². The molecule has 0 heterocycles. The number of nitrogens with two attached hydrogens (primary N) is 1. The van der Waals surface area contributed by atoms with Crippen molar-refractivity contribution in [2.75, 3.05) is 20.3 Å². The molecule has 18 heavy (non-hydrogen) atoms. The van der Waals surface area contributed by atoms with Crippen molar-refractivity contribution in [2.45, 2.75) is 12.5 Å². The second-order valence-corrected chi connectivity index (χ2v) is 3.81. The zero-order valence-corrected chi connectivity index (χ0v) is 10.1. The fourth-order valence-corrected chi connectivity index (χ4v) is 1.45. The first-order valence-electron chi connectivity index (χ1n) is 5.53. The summed E-state index contributed by atoms with van der Waals surface area (Å²) in [5, 5.41) is 2.57. The Balaban J connectivity index is 2.68. The SMILES string of the molecule is COCCC(CN)NC(=O)c1ccc(F)cc1F. The predicted octanol–water partition coefficient (Wildman–Crippen LogP) is 1.06. The number of halogens is 2. The van der Waals surface area contributed by atoms with Crippen LogP contribution in [0, 0.1) is 11.6 Å². The molecular weight excluding hydrogens is 242 g/mol. The number of methoxy groups -OCH3 is 1. The molecule has 1 atom stereocenters. The van der Waals surface area contributed by atoms with Gasteiger partial charge in [0.05, 0.1) is 5.56 Å². The van der Waals surface area contributed by atoms with Crippen LogP contribution in [0.4, 0.5) is 8.78 Å². The van der Waals surface area contributed by atoms with Crippen LogP contribution in [0.5, 0.6) is 0 Å². The molecule has 6 heteroatoms. The average Bonchev–Trinajstić information content (AvgIpc) is 2.34. The van der Waals surface area contributed by atoms with Gasteiger partial charge in [0, 0.05) is 32.4 Å². The second kappa shape index (κ2) is 7.03. The quantitative estimate of drug-likeness (QED) is 0.802. The maximum absolute atomic E-state index is 13.4. The van der Waals surface area contributed by atoms with E-state index < -0.39 is 17.5 Å². The number of nitrogens with one attached hydrogen (secondary N) is 1. The number of rotatable bonds is 6. The smallest absolute Gasteiger partial charge is 0.254 e. The van der Waals surface area contributed by atoms with Crippen LogP contribution in [0.25, 0.3) is 0 Å². The lowest BCUT2D eigenvalue weighted by atomic mass is 10.1. The van der Waals surface area contributed by atoms with E-state index in [9.17, 15) is 13.6 Å². The Morgan fingerprint density at radius 3 is 2.78 bits per heavy atom. The highest BCUT2D eigenvalue weighted by molar-refractivity contribution is 5.94. The van der Waals surface area contributed by atoms with Crippen LogP contribution in [0.2, 0.25) is 0 Å². The first-order chi connectivity index (χ1) is 8.58. The zero-order valence-electron chi connectivity index (χ0n) is 10.1. The Morgan fingerprint density at radius 2 is 2.22 bits per heavy atom. The lowest BCUT2D eigenvalue weighted by Gasteiger charge is -2.16. The summed E-state index contributed by atoms with van der Waals surface area (Å²) in [6.45, 7) is 0.659. The van der Waals surface area contributed by atoms with Gasteiger partial charge >= 0.3 is 0 Å². The fourth-order valence-electron chi connectivity index (χ4n) is 1.45. The third-order valence-corrected chi connectivity index (χ3v) is 2.47. The highest BCUT2D eigenvalue weighted by Crippen LogP contribution is 2.09. The molecule has 0 aliphatic rings. The molecule has 0 spiro atoms. The molecule has 0 aliphatic carbocycles. The monoisotopic (exact) mass is 258 g/mol. The number of carbonyl (C=O) groups excluding carboxylic acids is 1. The molecule has 0 saturated heterocycles. The fraction of sp³-hybridized carbons (Fsp3) is 0.417. The van der Waals surface area contributed by atoms with Crippen molar-refractivity contribution in [1.29, 1.82) is 0 Å². The van der Waals surface area contributed by atoms with Crippen molar-refractivity contribution in [3.63, 3.8) is 0 Å². The van der Waals surface area contributed by atoms with Crippen molar-refractivity contribution in [3.05, 3.63) is 35.4 Å². The molecule has 100 valence electrons. The summed E-state index contributed by atoms with van der Waals surface area (Å²) >= 11 is 0. The molecule has 1 amide bonds. The Morgan fingerprint density at radius 1 is 1.50 bits per heavy atom. The van der Waals surface area contributed by atoms with Gasteiger partial charge in [0.25, 0.3) is 5.91 Å². The van der Waals surface area contributed by atoms with E-state index in [1.54, 1.807) is 0 Å². The molecule has 1 aromatic rings. The molecule has 0 fully saturated rings. The summed E-state index contributed by atoms with van der Waals surface area (Å²) in [4.78, 5) is 11.7. The van der Waals surface area contributed by atoms with E-state index in [2.05, 4.69) is 5.32 Å². The number of hydrogen-bond acceptors (Lipinski definition) is 3. The normalized spacial score (nSPS) is 12.2. The van der Waals surface area contributed by atoms with Crippen LogP contribution in [-0.2, 0) is 4.74 Å². The van der Waals surface area contributed by atoms with E-state index in [4.69, 9.17) is 10.5 Å². The van der Waals surface area contributed by atoms with E-state index in [1.165, 1.54) is 7.11 Å². The molecule has 0 aliphatic heterocycles. The van der Waals surface area contributed by atoms with Gasteiger partial charge in [0.2, 0.25) is 0 Å². The molecule has 0 bridgehead atoms. The average molecular weight is 258 g/mol. The van der Waals surface area contributed by atoms with E-state index in [-0.39, 0.29) is 18.2 Å². The minimum atomic E-state index is -0.894. The van der Waals surface area contributed by atoms with Gasteiger partial charge in [0.15, 0.2) is 0 Å². The van der Waals surface area contributed by atoms with Gasteiger partial charge in [-0.05, 0) is 18.6 Å². The molecule has 0 saturated carbocycles. The summed E-state index contributed by atoms with van der Waals surface area (Å²) < 4.78 is 30.9. The Kier molecular flexibility index (Phi) is 5.67. The first-order valence-corrected chi connectivity index (χ1v) is 5.53. The molecule has 1 aromatic carbocycles. The van der Waals surface area contributed by atoms with Crippen molar-refractivity contribution < 1.29 is 18.3 Å². The van der Waals surface area contributed by atoms with E-state index in [1.807, 2.05) is 0 Å². The summed E-state index contributed by atoms with van der Waals surface area (Å²) in [5.74, 6) is -2.23. The number of ether oxygens (including phenoxy) is 1. The third-order valence-electron chi connectivity index (χ3n) is 2.47. The number of carbonyl (C=O) groups is 1. The summed E-state index contributed by atoms with van der Waals surface area (Å²) in [6, 6.07) is 2.50. The van der Waals surface area contributed by atoms with Crippen molar-refractivity contribution in [1.82, 2.24) is 5.32 Å². The number of amides is 1. The van der Waals surface area contributed by atoms with Crippen LogP contribution in [0.1, 0.15) is 16.8 Å².